The molecule has 0 bridgehead atoms. The number of hydrogen-bond acceptors (Lipinski definition) is 2. The normalized spacial score (nSPS) is 12.3. The Kier molecular flexibility index (Phi) is 5.49. The highest BCUT2D eigenvalue weighted by atomic mass is 79.9. The minimum absolute atomic E-state index is 0.203. The summed E-state index contributed by atoms with van der Waals surface area (Å²) in [6.07, 6.45) is 0. The van der Waals surface area contributed by atoms with Crippen molar-refractivity contribution in [3.63, 3.8) is 0 Å². The molecule has 2 rings (SSSR count). The molecular weight excluding hydrogens is 380 g/mol. The van der Waals surface area contributed by atoms with Crippen LogP contribution in [0.15, 0.2) is 34.8 Å². The fraction of sp³-hybridized carbons (Fsp3) is 0.200. The van der Waals surface area contributed by atoms with E-state index < -0.39 is 0 Å². The fourth-order valence-electron chi connectivity index (χ4n) is 1.87. The van der Waals surface area contributed by atoms with Crippen LogP contribution in [-0.2, 0) is 0 Å². The summed E-state index contributed by atoms with van der Waals surface area (Å²) in [4.78, 5) is 0. The lowest BCUT2D eigenvalue weighted by atomic mass is 10.1. The molecule has 1 atom stereocenters. The molecule has 0 aliphatic heterocycles. The maximum absolute atomic E-state index is 14.0. The Balaban J connectivity index is 2.45. The first-order valence-electron chi connectivity index (χ1n) is 6.22. The first-order chi connectivity index (χ1) is 9.93. The van der Waals surface area contributed by atoms with E-state index in [2.05, 4.69) is 21.2 Å². The van der Waals surface area contributed by atoms with Crippen LogP contribution >= 0.6 is 39.1 Å². The zero-order chi connectivity index (χ0) is 15.6. The number of nitrogens with one attached hydrogen (secondary N) is 1. The number of rotatable bonds is 4. The lowest BCUT2D eigenvalue weighted by Gasteiger charge is -2.18. The summed E-state index contributed by atoms with van der Waals surface area (Å²) in [7, 11) is 1.75. The van der Waals surface area contributed by atoms with E-state index in [4.69, 9.17) is 27.9 Å². The van der Waals surface area contributed by atoms with E-state index in [9.17, 15) is 4.39 Å². The van der Waals surface area contributed by atoms with Gasteiger partial charge >= 0.3 is 0 Å². The Morgan fingerprint density at radius 2 is 1.90 bits per heavy atom. The molecule has 112 valence electrons. The van der Waals surface area contributed by atoms with Gasteiger partial charge in [0.15, 0.2) is 0 Å². The van der Waals surface area contributed by atoms with Gasteiger partial charge in [0, 0.05) is 22.1 Å². The summed E-state index contributed by atoms with van der Waals surface area (Å²) in [5, 5.41) is 3.85. The number of halogens is 4. The molecule has 0 amide bonds. The predicted octanol–water partition coefficient (Wildman–Crippen LogP) is 5.97. The molecule has 0 aliphatic carbocycles. The lowest BCUT2D eigenvalue weighted by Crippen LogP contribution is -2.15. The fourth-order valence-corrected chi connectivity index (χ4v) is 2.70. The van der Waals surface area contributed by atoms with Crippen LogP contribution < -0.4 is 10.1 Å². The molecule has 6 heteroatoms. The van der Waals surface area contributed by atoms with Crippen LogP contribution in [-0.4, -0.2) is 7.05 Å². The number of ether oxygens (including phenoxy) is 1. The summed E-state index contributed by atoms with van der Waals surface area (Å²) in [6.45, 7) is 1.85. The van der Waals surface area contributed by atoms with Gasteiger partial charge in [-0.3, -0.25) is 0 Å². The molecule has 0 aliphatic rings. The van der Waals surface area contributed by atoms with Crippen LogP contribution in [0.2, 0.25) is 10.0 Å². The predicted molar refractivity (Wildman–Crippen MR) is 88.1 cm³/mol. The van der Waals surface area contributed by atoms with Crippen LogP contribution in [0.5, 0.6) is 11.5 Å². The molecule has 1 unspecified atom stereocenters. The molecule has 1 N–H and O–H groups in total. The second-order valence-corrected chi connectivity index (χ2v) is 6.13. The molecule has 0 fully saturated rings. The third-order valence-electron chi connectivity index (χ3n) is 3.07. The van der Waals surface area contributed by atoms with Gasteiger partial charge in [-0.2, -0.15) is 0 Å². The van der Waals surface area contributed by atoms with Crippen molar-refractivity contribution in [1.29, 1.82) is 0 Å². The molecule has 0 heterocycles. The zero-order valence-electron chi connectivity index (χ0n) is 11.4. The molecule has 0 saturated carbocycles. The van der Waals surface area contributed by atoms with Crippen molar-refractivity contribution in [3.05, 3.63) is 56.2 Å². The van der Waals surface area contributed by atoms with Crippen LogP contribution in [0.3, 0.4) is 0 Å². The van der Waals surface area contributed by atoms with Gasteiger partial charge < -0.3 is 10.1 Å². The third-order valence-corrected chi connectivity index (χ3v) is 4.57. The SMILES string of the molecule is CNC(C)c1c(F)cccc1Oc1cc(Cl)c(Br)cc1Cl. The van der Waals surface area contributed by atoms with Crippen molar-refractivity contribution >= 4 is 39.1 Å². The quantitative estimate of drug-likeness (QED) is 0.647. The average molecular weight is 393 g/mol. The van der Waals surface area contributed by atoms with E-state index in [1.165, 1.54) is 6.07 Å². The van der Waals surface area contributed by atoms with Crippen LogP contribution in [0, 0.1) is 5.82 Å². The highest BCUT2D eigenvalue weighted by Crippen LogP contribution is 2.38. The molecule has 21 heavy (non-hydrogen) atoms. The summed E-state index contributed by atoms with van der Waals surface area (Å²) in [5.74, 6) is 0.436. The standard InChI is InChI=1S/C15H13BrCl2FNO/c1-8(20-2)15-12(19)4-3-5-13(15)21-14-7-10(17)9(16)6-11(14)18/h3-8,20H,1-2H3. The zero-order valence-corrected chi connectivity index (χ0v) is 14.5. The molecule has 0 spiro atoms. The van der Waals surface area contributed by atoms with Crippen molar-refractivity contribution in [2.45, 2.75) is 13.0 Å². The monoisotopic (exact) mass is 391 g/mol. The molecule has 2 nitrogen and oxygen atoms in total. The highest BCUT2D eigenvalue weighted by Gasteiger charge is 2.17. The average Bonchev–Trinajstić information content (AvgIpc) is 2.44. The minimum Gasteiger partial charge on any atom is -0.455 e. The van der Waals surface area contributed by atoms with Gasteiger partial charge in [-0.05, 0) is 48.1 Å². The van der Waals surface area contributed by atoms with E-state index in [1.54, 1.807) is 31.3 Å². The second kappa shape index (κ2) is 6.97. The molecule has 2 aromatic rings. The maximum atomic E-state index is 14.0. The molecule has 0 aromatic heterocycles. The van der Waals surface area contributed by atoms with Crippen molar-refractivity contribution in [1.82, 2.24) is 5.32 Å². The van der Waals surface area contributed by atoms with Crippen LogP contribution in [0.25, 0.3) is 0 Å². The largest absolute Gasteiger partial charge is 0.455 e. The minimum atomic E-state index is -0.339. The first kappa shape index (κ1) is 16.6. The Labute approximate surface area is 141 Å². The summed E-state index contributed by atoms with van der Waals surface area (Å²) in [5.41, 5.74) is 0.440. The lowest BCUT2D eigenvalue weighted by molar-refractivity contribution is 0.452. The van der Waals surface area contributed by atoms with Gasteiger partial charge in [-0.15, -0.1) is 0 Å². The maximum Gasteiger partial charge on any atom is 0.147 e. The molecular formula is C15H13BrCl2FNO. The van der Waals surface area contributed by atoms with Gasteiger partial charge in [0.1, 0.15) is 17.3 Å². The molecule has 0 saturated heterocycles. The van der Waals surface area contributed by atoms with Gasteiger partial charge in [-0.25, -0.2) is 4.39 Å². The van der Waals surface area contributed by atoms with Crippen molar-refractivity contribution in [2.75, 3.05) is 7.05 Å². The Bertz CT molecular complexity index is 666. The Morgan fingerprint density at radius 1 is 1.19 bits per heavy atom. The van der Waals surface area contributed by atoms with Gasteiger partial charge in [0.25, 0.3) is 0 Å². The van der Waals surface area contributed by atoms with E-state index in [-0.39, 0.29) is 11.9 Å². The van der Waals surface area contributed by atoms with E-state index in [0.717, 1.165) is 0 Å². The summed E-state index contributed by atoms with van der Waals surface area (Å²) in [6, 6.07) is 7.70. The van der Waals surface area contributed by atoms with E-state index in [1.807, 2.05) is 6.92 Å². The van der Waals surface area contributed by atoms with Crippen LogP contribution in [0.1, 0.15) is 18.5 Å². The van der Waals surface area contributed by atoms with Gasteiger partial charge in [0.05, 0.1) is 10.0 Å². The summed E-state index contributed by atoms with van der Waals surface area (Å²) < 4.78 is 20.5. The topological polar surface area (TPSA) is 21.3 Å². The number of benzene rings is 2. The third kappa shape index (κ3) is 3.69. The van der Waals surface area contributed by atoms with Crippen LogP contribution in [0.4, 0.5) is 4.39 Å². The van der Waals surface area contributed by atoms with E-state index >= 15 is 0 Å². The second-order valence-electron chi connectivity index (χ2n) is 4.46. The van der Waals surface area contributed by atoms with Crippen molar-refractivity contribution in [2.24, 2.45) is 0 Å². The van der Waals surface area contributed by atoms with Crippen molar-refractivity contribution in [3.8, 4) is 11.5 Å². The van der Waals surface area contributed by atoms with E-state index in [0.29, 0.717) is 31.6 Å². The Hall–Kier alpha value is -0.810. The summed E-state index contributed by atoms with van der Waals surface area (Å²) >= 11 is 15.5. The van der Waals surface area contributed by atoms with Gasteiger partial charge in [-0.1, -0.05) is 29.3 Å². The number of hydrogen-bond donors (Lipinski definition) is 1. The highest BCUT2D eigenvalue weighted by molar-refractivity contribution is 9.10. The Morgan fingerprint density at radius 3 is 2.57 bits per heavy atom. The van der Waals surface area contributed by atoms with Gasteiger partial charge in [0.2, 0.25) is 0 Å². The first-order valence-corrected chi connectivity index (χ1v) is 7.77. The van der Waals surface area contributed by atoms with Crippen molar-refractivity contribution < 1.29 is 9.13 Å². The smallest absolute Gasteiger partial charge is 0.147 e. The molecule has 2 aromatic carbocycles. The molecule has 0 radical (unpaired) electrons.